The van der Waals surface area contributed by atoms with E-state index in [9.17, 15) is 4.79 Å². The van der Waals surface area contributed by atoms with Gasteiger partial charge >= 0.3 is 0 Å². The van der Waals surface area contributed by atoms with Crippen LogP contribution in [0.4, 0.5) is 5.69 Å². The van der Waals surface area contributed by atoms with Gasteiger partial charge in [0, 0.05) is 24.5 Å². The lowest BCUT2D eigenvalue weighted by Crippen LogP contribution is -2.22. The molecule has 2 aromatic heterocycles. The Bertz CT molecular complexity index is 1540. The van der Waals surface area contributed by atoms with Crippen molar-refractivity contribution >= 4 is 17.0 Å². The molecule has 9 heteroatoms. The molecule has 40 heavy (non-hydrogen) atoms. The van der Waals surface area contributed by atoms with Crippen LogP contribution in [0, 0.1) is 12.8 Å². The van der Waals surface area contributed by atoms with Gasteiger partial charge in [-0.25, -0.2) is 9.67 Å². The third kappa shape index (κ3) is 5.75. The van der Waals surface area contributed by atoms with Gasteiger partial charge in [-0.1, -0.05) is 51.3 Å². The molecule has 0 amide bonds. The molecule has 2 aromatic carbocycles. The Labute approximate surface area is 240 Å². The maximum absolute atomic E-state index is 13.7. The lowest BCUT2D eigenvalue weighted by Gasteiger charge is -2.19. The molecule has 0 fully saturated rings. The van der Waals surface area contributed by atoms with E-state index in [0.29, 0.717) is 28.9 Å². The molecule has 0 radical (unpaired) electrons. The third-order valence-corrected chi connectivity index (χ3v) is 8.34. The van der Waals surface area contributed by atoms with Crippen molar-refractivity contribution in [3.05, 3.63) is 68.7 Å². The maximum Gasteiger partial charge on any atom is 0.297 e. The predicted octanol–water partition coefficient (Wildman–Crippen LogP) is 6.49. The first kappa shape index (κ1) is 29.3. The molecule has 1 unspecified atom stereocenters. The molecule has 0 saturated carbocycles. The first-order valence-corrected chi connectivity index (χ1v) is 14.6. The monoisotopic (exact) mass is 564 g/mol. The molecular weight excluding hydrogens is 524 g/mol. The van der Waals surface area contributed by atoms with E-state index < -0.39 is 0 Å². The summed E-state index contributed by atoms with van der Waals surface area (Å²) in [5, 5.41) is 2.10. The number of para-hydroxylation sites is 1. The highest BCUT2D eigenvalue weighted by Crippen LogP contribution is 2.41. The first-order chi connectivity index (χ1) is 19.4. The van der Waals surface area contributed by atoms with E-state index in [4.69, 9.17) is 19.2 Å². The standard InChI is InChI=1S/C31H40N4O4S/c1-8-10-14-22(9-2)19-34-25(23-17-26(37-5)29(39-7)27(18-23)38-6)20-40-31(34)32-28-21(3)33(4)35(30(28)36)24-15-12-11-13-16-24/h11-13,15-18,20,22H,8-10,14,19H2,1-7H3. The quantitative estimate of drug-likeness (QED) is 0.197. The minimum absolute atomic E-state index is 0.140. The van der Waals surface area contributed by atoms with Crippen molar-refractivity contribution in [1.29, 1.82) is 0 Å². The smallest absolute Gasteiger partial charge is 0.297 e. The van der Waals surface area contributed by atoms with Gasteiger partial charge in [0.15, 0.2) is 22.0 Å². The highest BCUT2D eigenvalue weighted by molar-refractivity contribution is 7.07. The number of benzene rings is 2. The van der Waals surface area contributed by atoms with Crippen LogP contribution in [-0.2, 0) is 13.6 Å². The Balaban J connectivity index is 1.93. The number of unbranched alkanes of at least 4 members (excludes halogenated alkanes) is 1. The van der Waals surface area contributed by atoms with Crippen LogP contribution in [-0.4, -0.2) is 35.3 Å². The van der Waals surface area contributed by atoms with E-state index in [-0.39, 0.29) is 5.56 Å². The SMILES string of the molecule is CCCCC(CC)Cn1c(-c2cc(OC)c(OC)c(OC)c2)csc1=Nc1c(C)n(C)n(-c2ccccc2)c1=O. The van der Waals surface area contributed by atoms with Gasteiger partial charge in [0.1, 0.15) is 0 Å². The Hall–Kier alpha value is -3.72. The topological polar surface area (TPSA) is 71.9 Å². The third-order valence-electron chi connectivity index (χ3n) is 7.47. The van der Waals surface area contributed by atoms with Crippen molar-refractivity contribution in [3.63, 3.8) is 0 Å². The van der Waals surface area contributed by atoms with Crippen LogP contribution in [0.3, 0.4) is 0 Å². The molecule has 0 aliphatic heterocycles. The fourth-order valence-electron chi connectivity index (χ4n) is 5.01. The summed E-state index contributed by atoms with van der Waals surface area (Å²) in [6, 6.07) is 13.6. The molecule has 2 heterocycles. The van der Waals surface area contributed by atoms with Crippen LogP contribution >= 0.6 is 11.3 Å². The molecule has 4 rings (SSSR count). The summed E-state index contributed by atoms with van der Waals surface area (Å²) in [4.78, 5) is 19.5. The molecule has 4 aromatic rings. The number of hydrogen-bond donors (Lipinski definition) is 0. The zero-order valence-corrected chi connectivity index (χ0v) is 25.4. The molecule has 0 N–H and O–H groups in total. The molecule has 214 valence electrons. The van der Waals surface area contributed by atoms with Gasteiger partial charge in [0.25, 0.3) is 5.56 Å². The van der Waals surface area contributed by atoms with Gasteiger partial charge in [-0.05, 0) is 43.5 Å². The number of rotatable bonds is 12. The molecule has 8 nitrogen and oxygen atoms in total. The summed E-state index contributed by atoms with van der Waals surface area (Å²) >= 11 is 1.53. The maximum atomic E-state index is 13.7. The van der Waals surface area contributed by atoms with E-state index in [1.54, 1.807) is 26.0 Å². The Morgan fingerprint density at radius 2 is 1.68 bits per heavy atom. The molecule has 0 aliphatic rings. The average molecular weight is 565 g/mol. The highest BCUT2D eigenvalue weighted by atomic mass is 32.1. The largest absolute Gasteiger partial charge is 0.493 e. The lowest BCUT2D eigenvalue weighted by molar-refractivity contribution is 0.324. The van der Waals surface area contributed by atoms with E-state index in [0.717, 1.165) is 53.2 Å². The second-order valence-electron chi connectivity index (χ2n) is 9.87. The van der Waals surface area contributed by atoms with Crippen LogP contribution in [0.25, 0.3) is 16.9 Å². The zero-order valence-electron chi connectivity index (χ0n) is 24.6. The summed E-state index contributed by atoms with van der Waals surface area (Å²) in [5.41, 5.74) is 3.85. The van der Waals surface area contributed by atoms with Gasteiger partial charge in [0.2, 0.25) is 5.75 Å². The fourth-order valence-corrected chi connectivity index (χ4v) is 5.93. The molecule has 0 spiro atoms. The number of methoxy groups -OCH3 is 3. The van der Waals surface area contributed by atoms with E-state index in [2.05, 4.69) is 23.8 Å². The van der Waals surface area contributed by atoms with Crippen LogP contribution in [0.1, 0.15) is 45.2 Å². The van der Waals surface area contributed by atoms with Crippen molar-refractivity contribution in [2.24, 2.45) is 18.0 Å². The molecule has 0 bridgehead atoms. The normalized spacial score (nSPS) is 12.5. The number of hydrogen-bond acceptors (Lipinski definition) is 6. The van der Waals surface area contributed by atoms with Crippen molar-refractivity contribution in [1.82, 2.24) is 13.9 Å². The van der Waals surface area contributed by atoms with Crippen molar-refractivity contribution < 1.29 is 14.2 Å². The Kier molecular flexibility index (Phi) is 9.58. The minimum Gasteiger partial charge on any atom is -0.493 e. The molecular formula is C31H40N4O4S. The van der Waals surface area contributed by atoms with E-state index in [1.807, 2.05) is 61.1 Å². The van der Waals surface area contributed by atoms with Gasteiger partial charge in [0.05, 0.1) is 38.4 Å². The second-order valence-corrected chi connectivity index (χ2v) is 10.7. The number of aromatic nitrogens is 3. The second kappa shape index (κ2) is 13.1. The van der Waals surface area contributed by atoms with Crippen LogP contribution in [0.2, 0.25) is 0 Å². The fraction of sp³-hybridized carbons (Fsp3) is 0.419. The van der Waals surface area contributed by atoms with Crippen LogP contribution in [0.5, 0.6) is 17.2 Å². The highest BCUT2D eigenvalue weighted by Gasteiger charge is 2.20. The van der Waals surface area contributed by atoms with E-state index in [1.165, 1.54) is 17.8 Å². The van der Waals surface area contributed by atoms with Gasteiger partial charge in [-0.15, -0.1) is 11.3 Å². The number of thiazole rings is 1. The summed E-state index contributed by atoms with van der Waals surface area (Å²) in [5.74, 6) is 2.22. The summed E-state index contributed by atoms with van der Waals surface area (Å²) in [6.07, 6.45) is 4.52. The van der Waals surface area contributed by atoms with Crippen LogP contribution < -0.4 is 24.6 Å². The summed E-state index contributed by atoms with van der Waals surface area (Å²) < 4.78 is 22.6. The van der Waals surface area contributed by atoms with E-state index >= 15 is 0 Å². The van der Waals surface area contributed by atoms with Gasteiger partial charge in [-0.3, -0.25) is 9.48 Å². The molecule has 0 saturated heterocycles. The first-order valence-electron chi connectivity index (χ1n) is 13.8. The predicted molar refractivity (Wildman–Crippen MR) is 162 cm³/mol. The average Bonchev–Trinajstić information content (AvgIpc) is 3.47. The molecule has 0 aliphatic carbocycles. The Morgan fingerprint density at radius 1 is 1.00 bits per heavy atom. The van der Waals surface area contributed by atoms with Gasteiger partial charge < -0.3 is 18.8 Å². The van der Waals surface area contributed by atoms with Crippen molar-refractivity contribution in [3.8, 4) is 34.2 Å². The molecule has 1 atom stereocenters. The van der Waals surface area contributed by atoms with Gasteiger partial charge in [-0.2, -0.15) is 0 Å². The van der Waals surface area contributed by atoms with Crippen molar-refractivity contribution in [2.75, 3.05) is 21.3 Å². The van der Waals surface area contributed by atoms with Crippen LogP contribution in [0.15, 0.2) is 57.6 Å². The lowest BCUT2D eigenvalue weighted by atomic mass is 9.99. The number of nitrogens with zero attached hydrogens (tertiary/aromatic N) is 4. The summed E-state index contributed by atoms with van der Waals surface area (Å²) in [7, 11) is 6.74. The summed E-state index contributed by atoms with van der Waals surface area (Å²) in [6.45, 7) is 7.20. The minimum atomic E-state index is -0.140. The number of ether oxygens (including phenoxy) is 3. The van der Waals surface area contributed by atoms with Crippen molar-refractivity contribution in [2.45, 2.75) is 53.0 Å². The Morgan fingerprint density at radius 3 is 2.25 bits per heavy atom. The zero-order chi connectivity index (χ0) is 28.8.